The minimum Gasteiger partial charge on any atom is -0.481 e. The van der Waals surface area contributed by atoms with Gasteiger partial charge in [-0.15, -0.1) is 0 Å². The number of aromatic nitrogens is 2. The number of carbonyl (C=O) groups is 1. The molecule has 0 saturated heterocycles. The van der Waals surface area contributed by atoms with Crippen LogP contribution in [0.2, 0.25) is 0 Å². The summed E-state index contributed by atoms with van der Waals surface area (Å²) in [5, 5.41) is 10.2. The maximum atomic E-state index is 12.8. The number of nitrogens with zero attached hydrogens (tertiary/aromatic N) is 2. The van der Waals surface area contributed by atoms with E-state index in [1.165, 1.54) is 0 Å². The first-order chi connectivity index (χ1) is 18.0. The zero-order valence-corrected chi connectivity index (χ0v) is 21.3. The summed E-state index contributed by atoms with van der Waals surface area (Å²) in [6.07, 6.45) is -0.277. The van der Waals surface area contributed by atoms with E-state index >= 15 is 0 Å². The van der Waals surface area contributed by atoms with Crippen molar-refractivity contribution in [2.75, 3.05) is 6.54 Å². The van der Waals surface area contributed by atoms with Gasteiger partial charge in [-0.25, -0.2) is 13.1 Å². The van der Waals surface area contributed by atoms with E-state index in [9.17, 15) is 31.5 Å². The van der Waals surface area contributed by atoms with Crippen LogP contribution in [0, 0.1) is 6.92 Å². The Hall–Kier alpha value is -3.70. The lowest BCUT2D eigenvalue weighted by Gasteiger charge is -2.11. The lowest BCUT2D eigenvalue weighted by molar-refractivity contribution is -0.138. The smallest absolute Gasteiger partial charge is 0.416 e. The van der Waals surface area contributed by atoms with Crippen LogP contribution in [-0.2, 0) is 40.4 Å². The number of pyridine rings is 1. The molecule has 0 amide bonds. The van der Waals surface area contributed by atoms with E-state index in [2.05, 4.69) is 9.71 Å². The van der Waals surface area contributed by atoms with Crippen LogP contribution in [0.4, 0.5) is 13.2 Å². The number of aryl methyl sites for hydroxylation is 1. The maximum absolute atomic E-state index is 12.8. The van der Waals surface area contributed by atoms with Crippen molar-refractivity contribution >= 4 is 26.9 Å². The molecule has 0 radical (unpaired) electrons. The topological polar surface area (TPSA) is 101 Å². The average Bonchev–Trinajstić information content (AvgIpc) is 3.14. The number of rotatable bonds is 10. The Morgan fingerprint density at radius 3 is 2.45 bits per heavy atom. The molecule has 0 spiro atoms. The van der Waals surface area contributed by atoms with Gasteiger partial charge >= 0.3 is 12.1 Å². The van der Waals surface area contributed by atoms with Gasteiger partial charge in [-0.05, 0) is 66.4 Å². The second-order valence-corrected chi connectivity index (χ2v) is 10.6. The SMILES string of the molecule is Cc1c(Cc2cccnc2)c2c(CCNS(=O)(=O)c3ccc(C(F)(F)F)cc3)cccc2n1CCC(=O)O. The quantitative estimate of drug-likeness (QED) is 0.294. The first kappa shape index (κ1) is 27.3. The molecule has 0 unspecified atom stereocenters. The van der Waals surface area contributed by atoms with Gasteiger partial charge in [0.25, 0.3) is 0 Å². The number of halogens is 3. The van der Waals surface area contributed by atoms with E-state index in [0.29, 0.717) is 12.8 Å². The number of carboxylic acid groups (broad SMARTS) is 1. The Kier molecular flexibility index (Phi) is 7.89. The molecule has 0 aliphatic rings. The summed E-state index contributed by atoms with van der Waals surface area (Å²) >= 11 is 0. The molecular weight excluding hydrogens is 519 g/mol. The summed E-state index contributed by atoms with van der Waals surface area (Å²) in [6, 6.07) is 12.8. The monoisotopic (exact) mass is 545 g/mol. The molecule has 0 atom stereocenters. The molecule has 7 nitrogen and oxygen atoms in total. The van der Waals surface area contributed by atoms with Crippen molar-refractivity contribution in [1.82, 2.24) is 14.3 Å². The average molecular weight is 546 g/mol. The highest BCUT2D eigenvalue weighted by molar-refractivity contribution is 7.89. The lowest BCUT2D eigenvalue weighted by atomic mass is 9.98. The summed E-state index contributed by atoms with van der Waals surface area (Å²) in [5.74, 6) is -0.908. The second-order valence-electron chi connectivity index (χ2n) is 8.88. The third kappa shape index (κ3) is 6.05. The molecule has 0 saturated carbocycles. The number of hydrogen-bond donors (Lipinski definition) is 2. The van der Waals surface area contributed by atoms with Crippen LogP contribution in [0.25, 0.3) is 10.9 Å². The fourth-order valence-corrected chi connectivity index (χ4v) is 5.57. The van der Waals surface area contributed by atoms with Crippen molar-refractivity contribution in [2.45, 2.75) is 43.8 Å². The third-order valence-electron chi connectivity index (χ3n) is 6.39. The molecule has 11 heteroatoms. The summed E-state index contributed by atoms with van der Waals surface area (Å²) in [5.41, 5.74) is 3.69. The van der Waals surface area contributed by atoms with E-state index < -0.39 is 27.7 Å². The number of sulfonamides is 1. The molecule has 2 aromatic heterocycles. The minimum atomic E-state index is -4.55. The fraction of sp³-hybridized carbons (Fsp3) is 0.259. The van der Waals surface area contributed by atoms with Gasteiger partial charge in [-0.3, -0.25) is 9.78 Å². The number of carboxylic acids is 1. The highest BCUT2D eigenvalue weighted by atomic mass is 32.2. The van der Waals surface area contributed by atoms with E-state index in [-0.39, 0.29) is 24.4 Å². The number of alkyl halides is 3. The number of benzene rings is 2. The third-order valence-corrected chi connectivity index (χ3v) is 7.87. The highest BCUT2D eigenvalue weighted by Gasteiger charge is 2.30. The zero-order valence-electron chi connectivity index (χ0n) is 20.5. The Morgan fingerprint density at radius 2 is 1.82 bits per heavy atom. The normalized spacial score (nSPS) is 12.2. The molecular formula is C27H26F3N3O4S. The zero-order chi connectivity index (χ0) is 27.5. The number of aliphatic carboxylic acids is 1. The van der Waals surface area contributed by atoms with Crippen LogP contribution in [0.1, 0.15) is 34.4 Å². The van der Waals surface area contributed by atoms with Crippen LogP contribution < -0.4 is 4.72 Å². The van der Waals surface area contributed by atoms with Gasteiger partial charge in [0, 0.05) is 48.5 Å². The molecule has 2 heterocycles. The van der Waals surface area contributed by atoms with E-state index in [4.69, 9.17) is 0 Å². The van der Waals surface area contributed by atoms with Crippen LogP contribution in [0.5, 0.6) is 0 Å². The number of hydrogen-bond acceptors (Lipinski definition) is 4. The standard InChI is InChI=1S/C27H26F3N3O4S/c1-18-23(16-19-4-3-13-31-17-19)26-20(5-2-6-24(26)33(18)15-12-25(34)35)11-14-32-38(36,37)22-9-7-21(8-10-22)27(28,29)30/h2-10,13,17,32H,11-12,14-16H2,1H3,(H,34,35). The van der Waals surface area contributed by atoms with Crippen molar-refractivity contribution in [2.24, 2.45) is 0 Å². The van der Waals surface area contributed by atoms with Gasteiger partial charge in [0.2, 0.25) is 10.0 Å². The van der Waals surface area contributed by atoms with Crippen LogP contribution in [-0.4, -0.2) is 35.6 Å². The Labute approximate surface area is 218 Å². The number of fused-ring (bicyclic) bond motifs is 1. The molecule has 38 heavy (non-hydrogen) atoms. The summed E-state index contributed by atoms with van der Waals surface area (Å²) in [6.45, 7) is 2.24. The molecule has 0 aliphatic heterocycles. The summed E-state index contributed by atoms with van der Waals surface area (Å²) < 4.78 is 68.3. The molecule has 0 aliphatic carbocycles. The molecule has 4 rings (SSSR count). The lowest BCUT2D eigenvalue weighted by Crippen LogP contribution is -2.26. The largest absolute Gasteiger partial charge is 0.481 e. The second kappa shape index (κ2) is 11.0. The molecule has 0 fully saturated rings. The van der Waals surface area contributed by atoms with Gasteiger partial charge in [-0.2, -0.15) is 13.2 Å². The summed E-state index contributed by atoms with van der Waals surface area (Å²) in [4.78, 5) is 15.2. The van der Waals surface area contributed by atoms with Crippen LogP contribution >= 0.6 is 0 Å². The summed E-state index contributed by atoms with van der Waals surface area (Å²) in [7, 11) is -4.02. The van der Waals surface area contributed by atoms with E-state index in [0.717, 1.165) is 57.6 Å². The highest BCUT2D eigenvalue weighted by Crippen LogP contribution is 2.32. The Bertz CT molecular complexity index is 1550. The van der Waals surface area contributed by atoms with Gasteiger partial charge in [-0.1, -0.05) is 18.2 Å². The molecule has 4 aromatic rings. The van der Waals surface area contributed by atoms with Gasteiger partial charge in [0.1, 0.15) is 0 Å². The molecule has 2 N–H and O–H groups in total. The van der Waals surface area contributed by atoms with Gasteiger partial charge in [0.15, 0.2) is 0 Å². The Balaban J connectivity index is 1.62. The van der Waals surface area contributed by atoms with Crippen molar-refractivity contribution in [1.29, 1.82) is 0 Å². The fourth-order valence-electron chi connectivity index (χ4n) is 4.54. The van der Waals surface area contributed by atoms with Crippen molar-refractivity contribution in [3.63, 3.8) is 0 Å². The predicted molar refractivity (Wildman–Crippen MR) is 136 cm³/mol. The molecule has 0 bridgehead atoms. The van der Waals surface area contributed by atoms with Gasteiger partial charge in [0.05, 0.1) is 16.9 Å². The predicted octanol–water partition coefficient (Wildman–Crippen LogP) is 4.95. The Morgan fingerprint density at radius 1 is 1.08 bits per heavy atom. The van der Waals surface area contributed by atoms with Crippen LogP contribution in [0.3, 0.4) is 0 Å². The molecule has 200 valence electrons. The molecule has 2 aromatic carbocycles. The first-order valence-corrected chi connectivity index (χ1v) is 13.3. The van der Waals surface area contributed by atoms with E-state index in [1.807, 2.05) is 41.8 Å². The van der Waals surface area contributed by atoms with Crippen molar-refractivity contribution in [3.8, 4) is 0 Å². The number of nitrogens with one attached hydrogen (secondary N) is 1. The minimum absolute atomic E-state index is 0.0220. The van der Waals surface area contributed by atoms with E-state index in [1.54, 1.807) is 12.4 Å². The maximum Gasteiger partial charge on any atom is 0.416 e. The van der Waals surface area contributed by atoms with Crippen molar-refractivity contribution in [3.05, 3.63) is 94.9 Å². The van der Waals surface area contributed by atoms with Gasteiger partial charge < -0.3 is 9.67 Å². The first-order valence-electron chi connectivity index (χ1n) is 11.8. The van der Waals surface area contributed by atoms with Crippen molar-refractivity contribution < 1.29 is 31.5 Å². The van der Waals surface area contributed by atoms with Crippen LogP contribution in [0.15, 0.2) is 71.9 Å².